The van der Waals surface area contributed by atoms with Crippen LogP contribution in [0.5, 0.6) is 0 Å². The average molecular weight is 554 g/mol. The van der Waals surface area contributed by atoms with Crippen molar-refractivity contribution in [2.75, 3.05) is 36.4 Å². The quantitative estimate of drug-likeness (QED) is 0.343. The molecule has 2 amide bonds. The van der Waals surface area contributed by atoms with Gasteiger partial charge in [-0.3, -0.25) is 4.79 Å². The van der Waals surface area contributed by atoms with Crippen LogP contribution in [-0.4, -0.2) is 69.3 Å². The number of ether oxygens (including phenoxy) is 1. The van der Waals surface area contributed by atoms with Gasteiger partial charge in [-0.25, -0.2) is 9.31 Å². The zero-order valence-corrected chi connectivity index (χ0v) is 23.6. The van der Waals surface area contributed by atoms with E-state index in [2.05, 4.69) is 44.9 Å². The van der Waals surface area contributed by atoms with Crippen molar-refractivity contribution in [1.29, 1.82) is 0 Å². The third-order valence-electron chi connectivity index (χ3n) is 7.15. The number of benzene rings is 2. The van der Waals surface area contributed by atoms with Crippen molar-refractivity contribution < 1.29 is 14.3 Å². The first kappa shape index (κ1) is 26.6. The number of carbonyl (C=O) groups is 2. The normalized spacial score (nSPS) is 15.6. The molecule has 1 saturated carbocycles. The number of carbonyl (C=O) groups excluding carboxylic acids is 2. The highest BCUT2D eigenvalue weighted by atomic mass is 16.6. The molecule has 2 aliphatic rings. The number of fused-ring (bicyclic) bond motifs is 1. The molecule has 4 aromatic rings. The Balaban J connectivity index is 1.11. The zero-order chi connectivity index (χ0) is 28.6. The van der Waals surface area contributed by atoms with Crippen LogP contribution in [0.4, 0.5) is 22.1 Å². The number of pyridine rings is 1. The summed E-state index contributed by atoms with van der Waals surface area (Å²) < 4.78 is 7.28. The minimum Gasteiger partial charge on any atom is -0.444 e. The van der Waals surface area contributed by atoms with Gasteiger partial charge in [0.1, 0.15) is 5.60 Å². The maximum atomic E-state index is 12.4. The molecule has 0 spiro atoms. The van der Waals surface area contributed by atoms with E-state index >= 15 is 0 Å². The van der Waals surface area contributed by atoms with Crippen LogP contribution in [0.1, 0.15) is 44.0 Å². The number of nitrogens with zero attached hydrogens (tertiary/aromatic N) is 5. The highest BCUT2D eigenvalue weighted by Crippen LogP contribution is 2.28. The van der Waals surface area contributed by atoms with Crippen molar-refractivity contribution in [3.05, 3.63) is 72.4 Å². The first-order valence-electron chi connectivity index (χ1n) is 14.1. The predicted octanol–water partition coefficient (Wildman–Crippen LogP) is 5.09. The fourth-order valence-corrected chi connectivity index (χ4v) is 4.84. The van der Waals surface area contributed by atoms with Crippen LogP contribution >= 0.6 is 0 Å². The van der Waals surface area contributed by atoms with Crippen LogP contribution in [0.3, 0.4) is 0 Å². The van der Waals surface area contributed by atoms with Crippen LogP contribution in [-0.2, 0) is 4.74 Å². The van der Waals surface area contributed by atoms with E-state index in [-0.39, 0.29) is 12.0 Å². The summed E-state index contributed by atoms with van der Waals surface area (Å²) in [5, 5.41) is 10.9. The number of anilines is 3. The van der Waals surface area contributed by atoms with Crippen LogP contribution < -0.4 is 15.5 Å². The Hall–Kier alpha value is -4.60. The number of piperazine rings is 1. The summed E-state index contributed by atoms with van der Waals surface area (Å²) in [7, 11) is 0. The fourth-order valence-electron chi connectivity index (χ4n) is 4.84. The van der Waals surface area contributed by atoms with E-state index in [1.165, 1.54) is 0 Å². The van der Waals surface area contributed by atoms with Gasteiger partial charge in [0.2, 0.25) is 5.95 Å². The van der Waals surface area contributed by atoms with Gasteiger partial charge in [-0.1, -0.05) is 12.1 Å². The lowest BCUT2D eigenvalue weighted by Gasteiger charge is -2.36. The monoisotopic (exact) mass is 553 g/mol. The van der Waals surface area contributed by atoms with Gasteiger partial charge in [0, 0.05) is 60.9 Å². The third-order valence-corrected chi connectivity index (χ3v) is 7.15. The minimum atomic E-state index is -0.492. The molecule has 41 heavy (non-hydrogen) atoms. The molecular weight excluding hydrogens is 518 g/mol. The van der Waals surface area contributed by atoms with Gasteiger partial charge in [0.25, 0.3) is 5.91 Å². The van der Waals surface area contributed by atoms with Gasteiger partial charge in [0.05, 0.1) is 0 Å². The third kappa shape index (κ3) is 6.26. The summed E-state index contributed by atoms with van der Waals surface area (Å²) in [5.41, 5.74) is 4.83. The largest absolute Gasteiger partial charge is 0.444 e. The summed E-state index contributed by atoms with van der Waals surface area (Å²) in [6, 6.07) is 20.1. The van der Waals surface area contributed by atoms with E-state index in [1.807, 2.05) is 51.2 Å². The van der Waals surface area contributed by atoms with Crippen LogP contribution in [0.25, 0.3) is 16.8 Å². The summed E-state index contributed by atoms with van der Waals surface area (Å²) in [6.07, 6.45) is 3.74. The van der Waals surface area contributed by atoms with Gasteiger partial charge in [-0.2, -0.15) is 4.98 Å². The molecule has 2 aromatic heterocycles. The molecule has 10 nitrogen and oxygen atoms in total. The molecule has 1 aliphatic carbocycles. The lowest BCUT2D eigenvalue weighted by atomic mass is 10.1. The Morgan fingerprint density at radius 2 is 1.63 bits per heavy atom. The molecule has 6 rings (SSSR count). The second-order valence-corrected chi connectivity index (χ2v) is 11.6. The molecule has 0 bridgehead atoms. The Labute approximate surface area is 239 Å². The number of nitrogens with one attached hydrogen (secondary N) is 2. The number of hydrogen-bond acceptors (Lipinski definition) is 7. The Morgan fingerprint density at radius 1 is 0.927 bits per heavy atom. The first-order chi connectivity index (χ1) is 19.7. The predicted molar refractivity (Wildman–Crippen MR) is 159 cm³/mol. The van der Waals surface area contributed by atoms with Crippen molar-refractivity contribution >= 4 is 35.0 Å². The van der Waals surface area contributed by atoms with Crippen molar-refractivity contribution in [1.82, 2.24) is 24.8 Å². The van der Waals surface area contributed by atoms with E-state index < -0.39 is 5.60 Å². The number of hydrogen-bond donors (Lipinski definition) is 2. The molecule has 0 unspecified atom stereocenters. The van der Waals surface area contributed by atoms with Gasteiger partial charge in [0.15, 0.2) is 5.65 Å². The number of amides is 2. The molecule has 2 aromatic carbocycles. The maximum Gasteiger partial charge on any atom is 0.410 e. The molecule has 1 saturated heterocycles. The van der Waals surface area contributed by atoms with Gasteiger partial charge >= 0.3 is 6.09 Å². The van der Waals surface area contributed by atoms with Crippen molar-refractivity contribution in [3.63, 3.8) is 0 Å². The van der Waals surface area contributed by atoms with Crippen molar-refractivity contribution in [2.45, 2.75) is 45.3 Å². The standard InChI is InChI=1S/C31H35N7O3/c1-31(2,3)41-30(40)37-19-17-36(18-20-37)25-14-8-21(9-15-25)26-5-4-16-38-27(26)34-29(35-38)33-24-10-6-22(7-11-24)28(39)32-23-12-13-23/h4-11,14-16,23H,12-13,17-20H2,1-3H3,(H,32,39)(H,33,35). The molecule has 1 aliphatic heterocycles. The summed E-state index contributed by atoms with van der Waals surface area (Å²) >= 11 is 0. The molecule has 212 valence electrons. The second kappa shape index (κ2) is 10.8. The average Bonchev–Trinajstić information content (AvgIpc) is 3.68. The van der Waals surface area contributed by atoms with Crippen LogP contribution in [0.15, 0.2) is 66.9 Å². The Morgan fingerprint density at radius 3 is 2.29 bits per heavy atom. The summed E-state index contributed by atoms with van der Waals surface area (Å²) in [6.45, 7) is 8.41. The second-order valence-electron chi connectivity index (χ2n) is 11.6. The van der Waals surface area contributed by atoms with E-state index in [0.717, 1.165) is 54.1 Å². The molecule has 10 heteroatoms. The van der Waals surface area contributed by atoms with E-state index in [0.29, 0.717) is 30.6 Å². The van der Waals surface area contributed by atoms with Crippen LogP contribution in [0.2, 0.25) is 0 Å². The minimum absolute atomic E-state index is 0.0383. The van der Waals surface area contributed by atoms with Gasteiger partial charge in [-0.05, 0) is 87.7 Å². The van der Waals surface area contributed by atoms with Crippen LogP contribution in [0, 0.1) is 0 Å². The Bertz CT molecular complexity index is 1550. The highest BCUT2D eigenvalue weighted by Gasteiger charge is 2.26. The van der Waals surface area contributed by atoms with Gasteiger partial charge < -0.3 is 25.2 Å². The lowest BCUT2D eigenvalue weighted by Crippen LogP contribution is -2.50. The van der Waals surface area contributed by atoms with Gasteiger partial charge in [-0.15, -0.1) is 5.10 Å². The smallest absolute Gasteiger partial charge is 0.410 e. The topological polar surface area (TPSA) is 104 Å². The lowest BCUT2D eigenvalue weighted by molar-refractivity contribution is 0.0240. The maximum absolute atomic E-state index is 12.4. The van der Waals surface area contributed by atoms with E-state index in [4.69, 9.17) is 9.72 Å². The Kier molecular flexibility index (Phi) is 6.98. The van der Waals surface area contributed by atoms with E-state index in [9.17, 15) is 9.59 Å². The van der Waals surface area contributed by atoms with E-state index in [1.54, 1.807) is 21.5 Å². The number of rotatable bonds is 6. The highest BCUT2D eigenvalue weighted by molar-refractivity contribution is 5.95. The molecule has 0 atom stereocenters. The van der Waals surface area contributed by atoms with Crippen molar-refractivity contribution in [3.8, 4) is 11.1 Å². The molecular formula is C31H35N7O3. The SMILES string of the molecule is CC(C)(C)OC(=O)N1CCN(c2ccc(-c3cccn4nc(Nc5ccc(C(=O)NC6CC6)cc5)nc34)cc2)CC1. The zero-order valence-electron chi connectivity index (χ0n) is 23.6. The summed E-state index contributed by atoms with van der Waals surface area (Å²) in [5.74, 6) is 0.440. The number of aromatic nitrogens is 3. The molecule has 3 heterocycles. The molecule has 2 N–H and O–H groups in total. The van der Waals surface area contributed by atoms with Crippen molar-refractivity contribution in [2.24, 2.45) is 0 Å². The first-order valence-corrected chi connectivity index (χ1v) is 14.1. The fraction of sp³-hybridized carbons (Fsp3) is 0.355. The molecule has 0 radical (unpaired) electrons. The molecule has 2 fully saturated rings. The summed E-state index contributed by atoms with van der Waals surface area (Å²) in [4.78, 5) is 33.5.